The van der Waals surface area contributed by atoms with Gasteiger partial charge in [-0.3, -0.25) is 14.8 Å². The molecule has 1 aromatic rings. The molecular formula is C15H22IN3O2. The van der Waals surface area contributed by atoms with Crippen LogP contribution < -0.4 is 5.32 Å². The number of rotatable bonds is 5. The van der Waals surface area contributed by atoms with E-state index in [2.05, 4.69) is 39.2 Å². The first-order valence-electron chi connectivity index (χ1n) is 7.77. The molecule has 3 rings (SSSR count). The number of ether oxygens (including phenoxy) is 1. The number of hydrogen-bond acceptors (Lipinski definition) is 4. The molecule has 116 valence electrons. The summed E-state index contributed by atoms with van der Waals surface area (Å²) >= 11 is 2.27. The molecule has 0 aromatic carbocycles. The Labute approximate surface area is 138 Å². The lowest BCUT2D eigenvalue weighted by Gasteiger charge is -2.39. The van der Waals surface area contributed by atoms with Gasteiger partial charge in [-0.05, 0) is 68.0 Å². The van der Waals surface area contributed by atoms with Crippen molar-refractivity contribution in [2.24, 2.45) is 0 Å². The quantitative estimate of drug-likeness (QED) is 0.607. The third-order valence-corrected chi connectivity index (χ3v) is 4.95. The maximum Gasteiger partial charge on any atom is 0.326 e. The number of aromatic nitrogens is 2. The molecule has 1 heterocycles. The Balaban J connectivity index is 1.79. The zero-order valence-electron chi connectivity index (χ0n) is 12.3. The van der Waals surface area contributed by atoms with Crippen LogP contribution in [0.25, 0.3) is 0 Å². The van der Waals surface area contributed by atoms with Gasteiger partial charge in [0.15, 0.2) is 0 Å². The number of carbonyl (C=O) groups excluding carboxylic acids is 1. The molecule has 2 aliphatic carbocycles. The van der Waals surface area contributed by atoms with Crippen LogP contribution in [0.5, 0.6) is 0 Å². The number of nitrogens with one attached hydrogen (secondary N) is 1. The smallest absolute Gasteiger partial charge is 0.326 e. The van der Waals surface area contributed by atoms with E-state index in [1.807, 2.05) is 17.8 Å². The first-order valence-corrected chi connectivity index (χ1v) is 8.85. The second-order valence-electron chi connectivity index (χ2n) is 6.11. The van der Waals surface area contributed by atoms with Crippen molar-refractivity contribution in [3.63, 3.8) is 0 Å². The Bertz CT molecular complexity index is 515. The van der Waals surface area contributed by atoms with Gasteiger partial charge in [-0.2, -0.15) is 5.10 Å². The van der Waals surface area contributed by atoms with E-state index in [-0.39, 0.29) is 12.0 Å². The van der Waals surface area contributed by atoms with Crippen molar-refractivity contribution in [1.29, 1.82) is 0 Å². The molecule has 2 atom stereocenters. The zero-order valence-corrected chi connectivity index (χ0v) is 14.5. The average Bonchev–Trinajstić information content (AvgIpc) is 3.17. The highest BCUT2D eigenvalue weighted by Gasteiger charge is 2.47. The van der Waals surface area contributed by atoms with Crippen LogP contribution in [0.2, 0.25) is 0 Å². The molecule has 2 saturated carbocycles. The molecule has 0 radical (unpaired) electrons. The van der Waals surface area contributed by atoms with Gasteiger partial charge in [-0.15, -0.1) is 0 Å². The summed E-state index contributed by atoms with van der Waals surface area (Å²) in [5, 5.41) is 8.01. The summed E-state index contributed by atoms with van der Waals surface area (Å²) in [5.41, 5.74) is -0.516. The second-order valence-corrected chi connectivity index (χ2v) is 7.36. The Morgan fingerprint density at radius 1 is 1.57 bits per heavy atom. The summed E-state index contributed by atoms with van der Waals surface area (Å²) in [5.74, 6) is -0.0801. The zero-order chi connectivity index (χ0) is 14.9. The number of carbonyl (C=O) groups is 1. The van der Waals surface area contributed by atoms with Crippen LogP contribution in [0.4, 0.5) is 0 Å². The van der Waals surface area contributed by atoms with Crippen molar-refractivity contribution in [3.8, 4) is 0 Å². The molecule has 5 nitrogen and oxygen atoms in total. The van der Waals surface area contributed by atoms with Crippen LogP contribution in [-0.2, 0) is 9.53 Å². The molecule has 0 saturated heterocycles. The summed E-state index contributed by atoms with van der Waals surface area (Å²) < 4.78 is 8.52. The van der Waals surface area contributed by atoms with E-state index >= 15 is 0 Å². The Morgan fingerprint density at radius 3 is 3.00 bits per heavy atom. The van der Waals surface area contributed by atoms with Crippen LogP contribution in [0, 0.1) is 3.57 Å². The third kappa shape index (κ3) is 3.41. The SMILES string of the molecule is CCOC(=O)C1(NC2CC2)CCCC(n2cc(I)cn2)C1. The van der Waals surface area contributed by atoms with Gasteiger partial charge in [0, 0.05) is 12.2 Å². The van der Waals surface area contributed by atoms with E-state index in [4.69, 9.17) is 4.74 Å². The lowest BCUT2D eigenvalue weighted by molar-refractivity contribution is -0.153. The van der Waals surface area contributed by atoms with Gasteiger partial charge in [-0.1, -0.05) is 0 Å². The predicted octanol–water partition coefficient (Wildman–Crippen LogP) is 2.66. The molecular weight excluding hydrogens is 381 g/mol. The Kier molecular flexibility index (Phi) is 4.54. The van der Waals surface area contributed by atoms with Crippen LogP contribution in [-0.4, -0.2) is 33.9 Å². The summed E-state index contributed by atoms with van der Waals surface area (Å²) in [6.07, 6.45) is 10.0. The van der Waals surface area contributed by atoms with Crippen molar-refractivity contribution < 1.29 is 9.53 Å². The van der Waals surface area contributed by atoms with E-state index in [0.29, 0.717) is 12.6 Å². The fourth-order valence-corrected chi connectivity index (χ4v) is 3.66. The summed E-state index contributed by atoms with van der Waals surface area (Å²) in [6, 6.07) is 0.767. The minimum absolute atomic E-state index is 0.0801. The monoisotopic (exact) mass is 403 g/mol. The predicted molar refractivity (Wildman–Crippen MR) is 88.0 cm³/mol. The largest absolute Gasteiger partial charge is 0.465 e. The van der Waals surface area contributed by atoms with Gasteiger partial charge in [0.05, 0.1) is 22.4 Å². The van der Waals surface area contributed by atoms with Crippen molar-refractivity contribution in [1.82, 2.24) is 15.1 Å². The first kappa shape index (κ1) is 15.3. The fraction of sp³-hybridized carbons (Fsp3) is 0.733. The third-order valence-electron chi connectivity index (χ3n) is 4.39. The molecule has 1 aromatic heterocycles. The first-order chi connectivity index (χ1) is 10.1. The topological polar surface area (TPSA) is 56.1 Å². The van der Waals surface area contributed by atoms with Gasteiger partial charge in [0.25, 0.3) is 0 Å². The van der Waals surface area contributed by atoms with Gasteiger partial charge >= 0.3 is 5.97 Å². The standard InChI is InChI=1S/C15H22IN3O2/c1-2-21-14(20)15(18-12-5-6-12)7-3-4-13(8-15)19-10-11(16)9-17-19/h9-10,12-13,18H,2-8H2,1H3. The molecule has 6 heteroatoms. The number of nitrogens with zero attached hydrogens (tertiary/aromatic N) is 2. The molecule has 0 amide bonds. The van der Waals surface area contributed by atoms with Gasteiger partial charge < -0.3 is 4.74 Å². The average molecular weight is 403 g/mol. The van der Waals surface area contributed by atoms with Gasteiger partial charge in [0.1, 0.15) is 5.54 Å². The van der Waals surface area contributed by atoms with Gasteiger partial charge in [-0.25, -0.2) is 0 Å². The number of hydrogen-bond donors (Lipinski definition) is 1. The van der Waals surface area contributed by atoms with E-state index in [0.717, 1.165) is 29.3 Å². The second kappa shape index (κ2) is 6.24. The van der Waals surface area contributed by atoms with Crippen LogP contribution in [0.15, 0.2) is 12.4 Å². The number of esters is 1. The maximum absolute atomic E-state index is 12.5. The Morgan fingerprint density at radius 2 is 2.38 bits per heavy atom. The van der Waals surface area contributed by atoms with Crippen LogP contribution in [0.3, 0.4) is 0 Å². The van der Waals surface area contributed by atoms with Crippen LogP contribution >= 0.6 is 22.6 Å². The van der Waals surface area contributed by atoms with E-state index in [1.54, 1.807) is 0 Å². The maximum atomic E-state index is 12.5. The minimum atomic E-state index is -0.516. The van der Waals surface area contributed by atoms with Crippen molar-refractivity contribution in [2.75, 3.05) is 6.61 Å². The lowest BCUT2D eigenvalue weighted by Crippen LogP contribution is -2.56. The molecule has 21 heavy (non-hydrogen) atoms. The molecule has 0 spiro atoms. The summed E-state index contributed by atoms with van der Waals surface area (Å²) in [4.78, 5) is 12.5. The molecule has 2 fully saturated rings. The van der Waals surface area contributed by atoms with E-state index in [1.165, 1.54) is 12.8 Å². The van der Waals surface area contributed by atoms with E-state index in [9.17, 15) is 4.79 Å². The van der Waals surface area contributed by atoms with Crippen molar-refractivity contribution in [3.05, 3.63) is 16.0 Å². The summed E-state index contributed by atoms with van der Waals surface area (Å²) in [6.45, 7) is 2.32. The van der Waals surface area contributed by atoms with Crippen molar-refractivity contribution in [2.45, 2.75) is 63.1 Å². The lowest BCUT2D eigenvalue weighted by atomic mass is 9.78. The minimum Gasteiger partial charge on any atom is -0.465 e. The fourth-order valence-electron chi connectivity index (χ4n) is 3.25. The molecule has 0 aliphatic heterocycles. The summed E-state index contributed by atoms with van der Waals surface area (Å²) in [7, 11) is 0. The molecule has 0 bridgehead atoms. The molecule has 2 aliphatic rings. The highest BCUT2D eigenvalue weighted by atomic mass is 127. The van der Waals surface area contributed by atoms with E-state index < -0.39 is 5.54 Å². The highest BCUT2D eigenvalue weighted by Crippen LogP contribution is 2.38. The normalized spacial score (nSPS) is 29.3. The molecule has 2 unspecified atom stereocenters. The highest BCUT2D eigenvalue weighted by molar-refractivity contribution is 14.1. The van der Waals surface area contributed by atoms with Crippen molar-refractivity contribution >= 4 is 28.6 Å². The van der Waals surface area contributed by atoms with Crippen LogP contribution in [0.1, 0.15) is 51.5 Å². The Hall–Kier alpha value is -0.630. The molecule has 1 N–H and O–H groups in total. The number of halogens is 1. The van der Waals surface area contributed by atoms with Gasteiger partial charge in [0.2, 0.25) is 0 Å².